The molecule has 2 N–H and O–H groups in total. The minimum Gasteiger partial charge on any atom is -0.425 e. The Labute approximate surface area is 171 Å². The molecule has 154 valence electrons. The highest BCUT2D eigenvalue weighted by Crippen LogP contribution is 2.29. The van der Waals surface area contributed by atoms with Gasteiger partial charge in [0.25, 0.3) is 0 Å². The zero-order valence-corrected chi connectivity index (χ0v) is 16.4. The van der Waals surface area contributed by atoms with Crippen LogP contribution in [-0.2, 0) is 13.1 Å². The predicted molar refractivity (Wildman–Crippen MR) is 112 cm³/mol. The highest BCUT2D eigenvalue weighted by Gasteiger charge is 2.18. The van der Waals surface area contributed by atoms with Crippen molar-refractivity contribution >= 4 is 21.8 Å². The summed E-state index contributed by atoms with van der Waals surface area (Å²) >= 11 is 0. The third-order valence-electron chi connectivity index (χ3n) is 5.70. The van der Waals surface area contributed by atoms with E-state index in [1.165, 1.54) is 18.3 Å². The number of nitrogens with one attached hydrogen (secondary N) is 1. The van der Waals surface area contributed by atoms with Gasteiger partial charge < -0.3 is 15.1 Å². The Morgan fingerprint density at radius 1 is 1.10 bits per heavy atom. The lowest BCUT2D eigenvalue weighted by Gasteiger charge is -2.27. The van der Waals surface area contributed by atoms with Crippen molar-refractivity contribution in [2.75, 3.05) is 26.2 Å². The molecular formula is C22H22FN5O2. The zero-order valence-electron chi connectivity index (χ0n) is 16.4. The van der Waals surface area contributed by atoms with Gasteiger partial charge in [-0.05, 0) is 29.3 Å². The predicted octanol–water partition coefficient (Wildman–Crippen LogP) is 2.18. The molecule has 4 aromatic rings. The molecule has 1 fully saturated rings. The number of halogens is 1. The summed E-state index contributed by atoms with van der Waals surface area (Å²) in [4.78, 5) is 19.1. The van der Waals surface area contributed by atoms with Crippen molar-refractivity contribution in [1.29, 1.82) is 0 Å². The summed E-state index contributed by atoms with van der Waals surface area (Å²) in [5.74, 6) is -0.261. The van der Waals surface area contributed by atoms with Crippen molar-refractivity contribution in [1.82, 2.24) is 24.5 Å². The maximum atomic E-state index is 13.3. The smallest absolute Gasteiger partial charge is 0.309 e. The van der Waals surface area contributed by atoms with E-state index < -0.39 is 5.56 Å². The lowest BCUT2D eigenvalue weighted by molar-refractivity contribution is 0.176. The second-order valence-electron chi connectivity index (χ2n) is 7.68. The summed E-state index contributed by atoms with van der Waals surface area (Å²) in [6.45, 7) is 5.14. The fourth-order valence-corrected chi connectivity index (χ4v) is 4.20. The Balaban J connectivity index is 1.66. The van der Waals surface area contributed by atoms with Crippen molar-refractivity contribution in [3.8, 4) is 0 Å². The number of rotatable bonds is 4. The Morgan fingerprint density at radius 2 is 1.87 bits per heavy atom. The molecule has 0 bridgehead atoms. The lowest BCUT2D eigenvalue weighted by Crippen LogP contribution is -2.42. The van der Waals surface area contributed by atoms with E-state index in [2.05, 4.69) is 26.0 Å². The molecule has 3 aromatic heterocycles. The van der Waals surface area contributed by atoms with Crippen LogP contribution < -0.4 is 10.9 Å². The van der Waals surface area contributed by atoms with Gasteiger partial charge in [0.05, 0.1) is 11.7 Å². The van der Waals surface area contributed by atoms with Crippen LogP contribution in [0.25, 0.3) is 21.8 Å². The summed E-state index contributed by atoms with van der Waals surface area (Å²) < 4.78 is 16.0. The number of nitrogens with zero attached hydrogens (tertiary/aromatic N) is 4. The quantitative estimate of drug-likeness (QED) is 0.507. The van der Waals surface area contributed by atoms with E-state index in [0.29, 0.717) is 11.3 Å². The molecule has 1 aromatic carbocycles. The molecule has 1 aliphatic heterocycles. The topological polar surface area (TPSA) is 75.3 Å². The Bertz CT molecular complexity index is 1270. The van der Waals surface area contributed by atoms with E-state index in [1.54, 1.807) is 24.4 Å². The molecule has 7 nitrogen and oxygen atoms in total. The summed E-state index contributed by atoms with van der Waals surface area (Å²) in [5, 5.41) is 14.8. The SMILES string of the molecule is O=c1c2ncc3c(c(CN4CCNCC4)cn3Cc3ccc(F)cc3)c2ccn1O. The first kappa shape index (κ1) is 18.8. The maximum absolute atomic E-state index is 13.3. The molecule has 8 heteroatoms. The molecule has 0 unspecified atom stereocenters. The van der Waals surface area contributed by atoms with Gasteiger partial charge in [-0.15, -0.1) is 0 Å². The molecule has 1 aliphatic rings. The first-order chi connectivity index (χ1) is 14.6. The third-order valence-corrected chi connectivity index (χ3v) is 5.70. The van der Waals surface area contributed by atoms with Crippen LogP contribution in [0.4, 0.5) is 4.39 Å². The average molecular weight is 407 g/mol. The molecule has 5 rings (SSSR count). The van der Waals surface area contributed by atoms with Crippen LogP contribution in [0, 0.1) is 5.82 Å². The van der Waals surface area contributed by atoms with Crippen molar-refractivity contribution < 1.29 is 9.60 Å². The molecular weight excluding hydrogens is 385 g/mol. The van der Waals surface area contributed by atoms with Crippen molar-refractivity contribution in [3.63, 3.8) is 0 Å². The fraction of sp³-hybridized carbons (Fsp3) is 0.273. The van der Waals surface area contributed by atoms with Gasteiger partial charge in [0.2, 0.25) is 0 Å². The van der Waals surface area contributed by atoms with Crippen molar-refractivity contribution in [3.05, 3.63) is 76.2 Å². The van der Waals surface area contributed by atoms with Gasteiger partial charge in [0.1, 0.15) is 11.3 Å². The van der Waals surface area contributed by atoms with E-state index in [-0.39, 0.29) is 11.3 Å². The fourth-order valence-electron chi connectivity index (χ4n) is 4.20. The zero-order chi connectivity index (χ0) is 20.7. The summed E-state index contributed by atoms with van der Waals surface area (Å²) in [6, 6.07) is 8.20. The molecule has 0 aliphatic carbocycles. The molecule has 30 heavy (non-hydrogen) atoms. The van der Waals surface area contributed by atoms with Gasteiger partial charge in [-0.25, -0.2) is 9.37 Å². The first-order valence-electron chi connectivity index (χ1n) is 9.99. The normalized spacial score (nSPS) is 15.2. The van der Waals surface area contributed by atoms with Crippen LogP contribution in [0.5, 0.6) is 0 Å². The highest BCUT2D eigenvalue weighted by atomic mass is 19.1. The van der Waals surface area contributed by atoms with E-state index in [9.17, 15) is 14.4 Å². The van der Waals surface area contributed by atoms with E-state index in [4.69, 9.17) is 0 Å². The summed E-state index contributed by atoms with van der Waals surface area (Å²) in [5.41, 5.74) is 2.71. The molecule has 1 saturated heterocycles. The minimum absolute atomic E-state index is 0.244. The highest BCUT2D eigenvalue weighted by molar-refractivity contribution is 6.06. The van der Waals surface area contributed by atoms with E-state index >= 15 is 0 Å². The average Bonchev–Trinajstić information content (AvgIpc) is 3.10. The standard InChI is InChI=1S/C22H22FN5O2/c23-17-3-1-15(2-4-17)12-27-14-16(13-26-9-6-24-7-10-26)20-18-5-8-28(30)22(29)21(18)25-11-19(20)27/h1-5,8,11,14,24,30H,6-7,9-10,12-13H2. The molecule has 0 radical (unpaired) electrons. The van der Waals surface area contributed by atoms with Gasteiger partial charge in [0, 0.05) is 62.4 Å². The van der Waals surface area contributed by atoms with Gasteiger partial charge in [0.15, 0.2) is 0 Å². The number of fused-ring (bicyclic) bond motifs is 3. The lowest BCUT2D eigenvalue weighted by atomic mass is 10.1. The monoisotopic (exact) mass is 407 g/mol. The molecule has 4 heterocycles. The van der Waals surface area contributed by atoms with Crippen LogP contribution in [0.15, 0.2) is 53.7 Å². The van der Waals surface area contributed by atoms with Gasteiger partial charge in [-0.1, -0.05) is 12.1 Å². The number of aromatic nitrogens is 3. The molecule has 0 spiro atoms. The Kier molecular flexibility index (Phi) is 4.72. The first-order valence-corrected chi connectivity index (χ1v) is 9.99. The number of hydrogen-bond acceptors (Lipinski definition) is 5. The van der Waals surface area contributed by atoms with Gasteiger partial charge in [-0.3, -0.25) is 9.69 Å². The summed E-state index contributed by atoms with van der Waals surface area (Å²) in [6.07, 6.45) is 5.14. The van der Waals surface area contributed by atoms with Crippen LogP contribution >= 0.6 is 0 Å². The van der Waals surface area contributed by atoms with Gasteiger partial charge in [-0.2, -0.15) is 4.73 Å². The van der Waals surface area contributed by atoms with Crippen molar-refractivity contribution in [2.24, 2.45) is 0 Å². The molecule has 0 amide bonds. The number of pyridine rings is 2. The number of piperazine rings is 1. The maximum Gasteiger partial charge on any atom is 0.309 e. The molecule has 0 saturated carbocycles. The second-order valence-corrected chi connectivity index (χ2v) is 7.68. The van der Waals surface area contributed by atoms with Crippen LogP contribution in [0.1, 0.15) is 11.1 Å². The van der Waals surface area contributed by atoms with Gasteiger partial charge >= 0.3 is 5.56 Å². The number of hydrogen-bond donors (Lipinski definition) is 2. The second kappa shape index (κ2) is 7.55. The largest absolute Gasteiger partial charge is 0.425 e. The van der Waals surface area contributed by atoms with Crippen LogP contribution in [0.2, 0.25) is 0 Å². The Morgan fingerprint density at radius 3 is 2.63 bits per heavy atom. The Hall–Kier alpha value is -3.23. The minimum atomic E-state index is -0.534. The molecule has 0 atom stereocenters. The number of benzene rings is 1. The van der Waals surface area contributed by atoms with E-state index in [1.807, 2.05) is 0 Å². The van der Waals surface area contributed by atoms with Crippen LogP contribution in [0.3, 0.4) is 0 Å². The van der Waals surface area contributed by atoms with Crippen molar-refractivity contribution in [2.45, 2.75) is 13.1 Å². The van der Waals surface area contributed by atoms with E-state index in [0.717, 1.165) is 60.1 Å². The summed E-state index contributed by atoms with van der Waals surface area (Å²) in [7, 11) is 0. The van der Waals surface area contributed by atoms with Crippen LogP contribution in [-0.4, -0.2) is 50.6 Å². The third kappa shape index (κ3) is 3.34.